The van der Waals surface area contributed by atoms with Gasteiger partial charge in [0.15, 0.2) is 0 Å². The number of allylic oxidation sites excluding steroid dienone is 2. The van der Waals surface area contributed by atoms with Crippen molar-refractivity contribution in [2.24, 2.45) is 0 Å². The van der Waals surface area contributed by atoms with Gasteiger partial charge in [0.05, 0.1) is 0 Å². The molecule has 0 spiro atoms. The first-order valence-corrected chi connectivity index (χ1v) is 6.60. The molecule has 0 aliphatic rings. The molecule has 0 aromatic heterocycles. The molecule has 0 heterocycles. The van der Waals surface area contributed by atoms with Gasteiger partial charge in [0, 0.05) is 0 Å². The van der Waals surface area contributed by atoms with Crippen molar-refractivity contribution in [3.63, 3.8) is 0 Å². The molecule has 0 saturated heterocycles. The lowest BCUT2D eigenvalue weighted by atomic mass is 9.99. The Kier molecular flexibility index (Phi) is 6.64. The summed E-state index contributed by atoms with van der Waals surface area (Å²) >= 11 is 0. The molecule has 0 heteroatoms. The summed E-state index contributed by atoms with van der Waals surface area (Å²) in [7, 11) is 0. The Morgan fingerprint density at radius 2 is 1.69 bits per heavy atom. The molecule has 0 aliphatic heterocycles. The van der Waals surface area contributed by atoms with E-state index >= 15 is 0 Å². The predicted molar refractivity (Wildman–Crippen MR) is 72.8 cm³/mol. The van der Waals surface area contributed by atoms with Crippen LogP contribution in [0, 0.1) is 0 Å². The minimum atomic E-state index is 1.09. The Morgan fingerprint density at radius 1 is 0.938 bits per heavy atom. The molecule has 0 saturated carbocycles. The highest BCUT2D eigenvalue weighted by Crippen LogP contribution is 2.14. The first kappa shape index (κ1) is 13.0. The summed E-state index contributed by atoms with van der Waals surface area (Å²) in [5.41, 5.74) is 3.04. The predicted octanol–water partition coefficient (Wildman–Crippen LogP) is 4.93. The van der Waals surface area contributed by atoms with E-state index in [1.165, 1.54) is 36.8 Å². The van der Waals surface area contributed by atoms with Crippen LogP contribution in [-0.2, 0) is 12.8 Å². The van der Waals surface area contributed by atoms with Crippen molar-refractivity contribution in [1.82, 2.24) is 0 Å². The standard InChI is InChI=1S/C16H24/c1-3-5-7-11-15-13-9-10-14-16(15)12-8-6-4-2/h5,7,9-10,13-14H,3-4,6,8,11-12H2,1-2H3/b7-5+. The summed E-state index contributed by atoms with van der Waals surface area (Å²) in [5.74, 6) is 0. The number of unbranched alkanes of at least 4 members (excludes halogenated alkanes) is 2. The van der Waals surface area contributed by atoms with Crippen LogP contribution in [0.5, 0.6) is 0 Å². The van der Waals surface area contributed by atoms with E-state index in [1.54, 1.807) is 0 Å². The van der Waals surface area contributed by atoms with Crippen LogP contribution in [-0.4, -0.2) is 0 Å². The topological polar surface area (TPSA) is 0 Å². The summed E-state index contributed by atoms with van der Waals surface area (Å²) < 4.78 is 0. The van der Waals surface area contributed by atoms with Crippen LogP contribution in [0.2, 0.25) is 0 Å². The van der Waals surface area contributed by atoms with E-state index in [0.29, 0.717) is 0 Å². The quantitative estimate of drug-likeness (QED) is 0.448. The van der Waals surface area contributed by atoms with Gasteiger partial charge in [-0.25, -0.2) is 0 Å². The van der Waals surface area contributed by atoms with Crippen molar-refractivity contribution in [3.05, 3.63) is 47.5 Å². The van der Waals surface area contributed by atoms with Crippen molar-refractivity contribution in [3.8, 4) is 0 Å². The highest BCUT2D eigenvalue weighted by atomic mass is 14.0. The van der Waals surface area contributed by atoms with Gasteiger partial charge in [-0.2, -0.15) is 0 Å². The molecule has 0 bridgehead atoms. The highest BCUT2D eigenvalue weighted by Gasteiger charge is 1.99. The van der Waals surface area contributed by atoms with Crippen molar-refractivity contribution >= 4 is 0 Å². The van der Waals surface area contributed by atoms with Gasteiger partial charge in [0.2, 0.25) is 0 Å². The van der Waals surface area contributed by atoms with Crippen LogP contribution in [0.3, 0.4) is 0 Å². The smallest absolute Gasteiger partial charge is 0.00947 e. The summed E-state index contributed by atoms with van der Waals surface area (Å²) in [6.45, 7) is 4.44. The summed E-state index contributed by atoms with van der Waals surface area (Å²) in [4.78, 5) is 0. The fourth-order valence-electron chi connectivity index (χ4n) is 1.94. The van der Waals surface area contributed by atoms with Gasteiger partial charge in [0.1, 0.15) is 0 Å². The molecule has 1 rings (SSSR count). The molecule has 0 radical (unpaired) electrons. The maximum absolute atomic E-state index is 2.29. The number of hydrogen-bond acceptors (Lipinski definition) is 0. The summed E-state index contributed by atoms with van der Waals surface area (Å²) in [6.07, 6.45) is 12.0. The second-order valence-corrected chi connectivity index (χ2v) is 4.31. The van der Waals surface area contributed by atoms with Gasteiger partial charge in [0.25, 0.3) is 0 Å². The molecule has 0 N–H and O–H groups in total. The fourth-order valence-corrected chi connectivity index (χ4v) is 1.94. The Balaban J connectivity index is 2.56. The SMILES string of the molecule is CC/C=C/Cc1ccccc1CCCCC. The molecule has 1 aromatic rings. The van der Waals surface area contributed by atoms with Crippen LogP contribution >= 0.6 is 0 Å². The zero-order chi connectivity index (χ0) is 11.6. The molecule has 0 nitrogen and oxygen atoms in total. The minimum Gasteiger partial charge on any atom is -0.0885 e. The zero-order valence-corrected chi connectivity index (χ0v) is 10.7. The molecule has 0 aliphatic carbocycles. The van der Waals surface area contributed by atoms with Crippen LogP contribution in [0.4, 0.5) is 0 Å². The van der Waals surface area contributed by atoms with E-state index in [4.69, 9.17) is 0 Å². The Bertz CT molecular complexity index is 310. The van der Waals surface area contributed by atoms with Crippen molar-refractivity contribution in [2.45, 2.75) is 52.4 Å². The monoisotopic (exact) mass is 216 g/mol. The summed E-state index contributed by atoms with van der Waals surface area (Å²) in [5, 5.41) is 0. The van der Waals surface area contributed by atoms with Gasteiger partial charge in [-0.15, -0.1) is 0 Å². The maximum atomic E-state index is 2.29. The van der Waals surface area contributed by atoms with Crippen LogP contribution in [0.1, 0.15) is 50.7 Å². The second-order valence-electron chi connectivity index (χ2n) is 4.31. The molecular formula is C16H24. The van der Waals surface area contributed by atoms with Gasteiger partial charge < -0.3 is 0 Å². The van der Waals surface area contributed by atoms with E-state index < -0.39 is 0 Å². The van der Waals surface area contributed by atoms with Crippen LogP contribution in [0.25, 0.3) is 0 Å². The van der Waals surface area contributed by atoms with Gasteiger partial charge >= 0.3 is 0 Å². The van der Waals surface area contributed by atoms with E-state index in [-0.39, 0.29) is 0 Å². The van der Waals surface area contributed by atoms with Gasteiger partial charge in [-0.05, 0) is 36.8 Å². The Hall–Kier alpha value is -1.04. The van der Waals surface area contributed by atoms with Crippen molar-refractivity contribution in [2.75, 3.05) is 0 Å². The number of aryl methyl sites for hydroxylation is 1. The van der Waals surface area contributed by atoms with Crippen LogP contribution in [0.15, 0.2) is 36.4 Å². The normalized spacial score (nSPS) is 11.1. The molecule has 16 heavy (non-hydrogen) atoms. The van der Waals surface area contributed by atoms with Crippen LogP contribution < -0.4 is 0 Å². The van der Waals surface area contributed by atoms with Gasteiger partial charge in [-0.3, -0.25) is 0 Å². The molecule has 0 unspecified atom stereocenters. The Labute approximate surface area is 100 Å². The van der Waals surface area contributed by atoms with E-state index in [1.807, 2.05) is 0 Å². The van der Waals surface area contributed by atoms with E-state index in [9.17, 15) is 0 Å². The van der Waals surface area contributed by atoms with E-state index in [0.717, 1.165) is 12.8 Å². The third-order valence-electron chi connectivity index (χ3n) is 2.91. The van der Waals surface area contributed by atoms with E-state index in [2.05, 4.69) is 50.3 Å². The lowest BCUT2D eigenvalue weighted by Gasteiger charge is -2.07. The third-order valence-corrected chi connectivity index (χ3v) is 2.91. The molecule has 0 amide bonds. The molecule has 88 valence electrons. The van der Waals surface area contributed by atoms with Gasteiger partial charge in [-0.1, -0.05) is 63.1 Å². The minimum absolute atomic E-state index is 1.09. The first-order valence-electron chi connectivity index (χ1n) is 6.60. The first-order chi connectivity index (χ1) is 7.88. The average Bonchev–Trinajstić information content (AvgIpc) is 2.32. The largest absolute Gasteiger partial charge is 0.0885 e. The Morgan fingerprint density at radius 3 is 2.38 bits per heavy atom. The zero-order valence-electron chi connectivity index (χ0n) is 10.7. The highest BCUT2D eigenvalue weighted by molar-refractivity contribution is 5.29. The maximum Gasteiger partial charge on any atom is -0.00947 e. The van der Waals surface area contributed by atoms with Crippen molar-refractivity contribution in [1.29, 1.82) is 0 Å². The second kappa shape index (κ2) is 8.15. The number of rotatable bonds is 7. The molecule has 1 aromatic carbocycles. The average molecular weight is 216 g/mol. The molecular weight excluding hydrogens is 192 g/mol. The fraction of sp³-hybridized carbons (Fsp3) is 0.500. The summed E-state index contributed by atoms with van der Waals surface area (Å²) in [6, 6.07) is 8.86. The molecule has 0 fully saturated rings. The van der Waals surface area contributed by atoms with Crippen molar-refractivity contribution < 1.29 is 0 Å². The third kappa shape index (κ3) is 4.65. The molecule has 0 atom stereocenters. The lowest BCUT2D eigenvalue weighted by Crippen LogP contribution is -1.93. The number of hydrogen-bond donors (Lipinski definition) is 0. The lowest BCUT2D eigenvalue weighted by molar-refractivity contribution is 0.714. The number of benzene rings is 1.